The van der Waals surface area contributed by atoms with Crippen LogP contribution in [0.15, 0.2) is 24.3 Å². The maximum absolute atomic E-state index is 12.2. The molecule has 0 unspecified atom stereocenters. The molecule has 0 heterocycles. The summed E-state index contributed by atoms with van der Waals surface area (Å²) in [5.74, 6) is 0.374. The number of hydrogen-bond donors (Lipinski definition) is 3. The average molecular weight is 321 g/mol. The first-order chi connectivity index (χ1) is 11.0. The molecule has 0 aliphatic carbocycles. The zero-order valence-electron chi connectivity index (χ0n) is 14.1. The van der Waals surface area contributed by atoms with Crippen LogP contribution in [0, 0.1) is 5.41 Å². The molecule has 0 aromatic heterocycles. The normalized spacial score (nSPS) is 11.0. The van der Waals surface area contributed by atoms with Gasteiger partial charge in [0, 0.05) is 25.2 Å². The summed E-state index contributed by atoms with van der Waals surface area (Å²) in [7, 11) is 1.55. The molecule has 0 aliphatic rings. The largest absolute Gasteiger partial charge is 0.497 e. The van der Waals surface area contributed by atoms with E-state index in [1.54, 1.807) is 31.4 Å². The number of rotatable bonds is 9. The maximum Gasteiger partial charge on any atom is 0.251 e. The van der Waals surface area contributed by atoms with Crippen molar-refractivity contribution >= 4 is 11.8 Å². The highest BCUT2D eigenvalue weighted by Gasteiger charge is 2.32. The Kier molecular flexibility index (Phi) is 7.54. The SMILES string of the molecule is CCC(CC)(CN)C(=O)NCCNC(=O)c1cccc(OC)c1. The highest BCUT2D eigenvalue weighted by Crippen LogP contribution is 2.24. The second-order valence-electron chi connectivity index (χ2n) is 5.44. The van der Waals surface area contributed by atoms with E-state index in [0.717, 1.165) is 0 Å². The molecule has 0 saturated heterocycles. The molecule has 0 fully saturated rings. The number of methoxy groups -OCH3 is 1. The molecule has 1 aromatic carbocycles. The number of amides is 2. The zero-order chi connectivity index (χ0) is 17.3. The fourth-order valence-electron chi connectivity index (χ4n) is 2.36. The lowest BCUT2D eigenvalue weighted by Gasteiger charge is -2.28. The van der Waals surface area contributed by atoms with Gasteiger partial charge in [-0.25, -0.2) is 0 Å². The topological polar surface area (TPSA) is 93.5 Å². The van der Waals surface area contributed by atoms with Crippen molar-refractivity contribution < 1.29 is 14.3 Å². The standard InChI is InChI=1S/C17H27N3O3/c1-4-17(5-2,12-18)16(22)20-10-9-19-15(21)13-7-6-8-14(11-13)23-3/h6-8,11H,4-5,9-10,12,18H2,1-3H3,(H,19,21)(H,20,22). The molecule has 2 amide bonds. The molecule has 1 aromatic rings. The summed E-state index contributed by atoms with van der Waals surface area (Å²) in [6.07, 6.45) is 1.39. The van der Waals surface area contributed by atoms with Crippen LogP contribution in [0.4, 0.5) is 0 Å². The third-order valence-electron chi connectivity index (χ3n) is 4.25. The summed E-state index contributed by atoms with van der Waals surface area (Å²) >= 11 is 0. The Labute approximate surface area is 137 Å². The Balaban J connectivity index is 2.45. The van der Waals surface area contributed by atoms with Crippen molar-refractivity contribution in [2.75, 3.05) is 26.7 Å². The molecule has 0 bridgehead atoms. The number of nitrogens with one attached hydrogen (secondary N) is 2. The molecule has 0 atom stereocenters. The molecule has 0 spiro atoms. The van der Waals surface area contributed by atoms with E-state index >= 15 is 0 Å². The van der Waals surface area contributed by atoms with E-state index in [0.29, 0.717) is 43.8 Å². The minimum atomic E-state index is -0.517. The van der Waals surface area contributed by atoms with Crippen LogP contribution in [0.25, 0.3) is 0 Å². The van der Waals surface area contributed by atoms with Crippen molar-refractivity contribution in [2.45, 2.75) is 26.7 Å². The molecular weight excluding hydrogens is 294 g/mol. The summed E-state index contributed by atoms with van der Waals surface area (Å²) in [5, 5.41) is 5.62. The van der Waals surface area contributed by atoms with E-state index in [9.17, 15) is 9.59 Å². The summed E-state index contributed by atoms with van der Waals surface area (Å²) in [6, 6.07) is 6.91. The smallest absolute Gasteiger partial charge is 0.251 e. The van der Waals surface area contributed by atoms with Crippen LogP contribution in [-0.4, -0.2) is 38.6 Å². The van der Waals surface area contributed by atoms with Gasteiger partial charge in [-0.1, -0.05) is 19.9 Å². The van der Waals surface area contributed by atoms with Crippen LogP contribution in [0.1, 0.15) is 37.0 Å². The molecule has 23 heavy (non-hydrogen) atoms. The van der Waals surface area contributed by atoms with Crippen LogP contribution >= 0.6 is 0 Å². The zero-order valence-corrected chi connectivity index (χ0v) is 14.1. The van der Waals surface area contributed by atoms with Gasteiger partial charge in [0.2, 0.25) is 5.91 Å². The minimum absolute atomic E-state index is 0.0550. The summed E-state index contributed by atoms with van der Waals surface area (Å²) in [6.45, 7) is 4.97. The van der Waals surface area contributed by atoms with E-state index in [1.807, 2.05) is 13.8 Å². The molecule has 0 saturated carbocycles. The fraction of sp³-hybridized carbons (Fsp3) is 0.529. The molecular formula is C17H27N3O3. The average Bonchev–Trinajstić information content (AvgIpc) is 2.60. The number of carbonyl (C=O) groups is 2. The molecule has 1 rings (SSSR count). The lowest BCUT2D eigenvalue weighted by Crippen LogP contribution is -2.47. The fourth-order valence-corrected chi connectivity index (χ4v) is 2.36. The second-order valence-corrected chi connectivity index (χ2v) is 5.44. The minimum Gasteiger partial charge on any atom is -0.497 e. The van der Waals surface area contributed by atoms with Gasteiger partial charge in [0.1, 0.15) is 5.75 Å². The van der Waals surface area contributed by atoms with Gasteiger partial charge in [0.25, 0.3) is 5.91 Å². The van der Waals surface area contributed by atoms with Gasteiger partial charge in [-0.15, -0.1) is 0 Å². The molecule has 0 radical (unpaired) electrons. The van der Waals surface area contributed by atoms with Crippen molar-refractivity contribution in [2.24, 2.45) is 11.1 Å². The van der Waals surface area contributed by atoms with Gasteiger partial charge in [-0.3, -0.25) is 9.59 Å². The van der Waals surface area contributed by atoms with E-state index in [1.165, 1.54) is 0 Å². The van der Waals surface area contributed by atoms with E-state index in [4.69, 9.17) is 10.5 Å². The van der Waals surface area contributed by atoms with Crippen LogP contribution in [0.5, 0.6) is 5.75 Å². The first kappa shape index (κ1) is 19.0. The summed E-state index contributed by atoms with van der Waals surface area (Å²) < 4.78 is 5.09. The predicted molar refractivity (Wildman–Crippen MR) is 90.4 cm³/mol. The lowest BCUT2D eigenvalue weighted by atomic mass is 9.81. The molecule has 4 N–H and O–H groups in total. The van der Waals surface area contributed by atoms with Gasteiger partial charge >= 0.3 is 0 Å². The lowest BCUT2D eigenvalue weighted by molar-refractivity contribution is -0.130. The number of carbonyl (C=O) groups excluding carboxylic acids is 2. The van der Waals surface area contributed by atoms with Gasteiger partial charge < -0.3 is 21.1 Å². The van der Waals surface area contributed by atoms with Crippen LogP contribution in [-0.2, 0) is 4.79 Å². The number of ether oxygens (including phenoxy) is 1. The molecule has 6 heteroatoms. The van der Waals surface area contributed by atoms with Gasteiger partial charge in [0.05, 0.1) is 12.5 Å². The number of hydrogen-bond acceptors (Lipinski definition) is 4. The van der Waals surface area contributed by atoms with Gasteiger partial charge in [0.15, 0.2) is 0 Å². The van der Waals surface area contributed by atoms with Crippen molar-refractivity contribution in [3.8, 4) is 5.75 Å². The van der Waals surface area contributed by atoms with Gasteiger partial charge in [-0.2, -0.15) is 0 Å². The summed E-state index contributed by atoms with van der Waals surface area (Å²) in [5.41, 5.74) is 5.75. The van der Waals surface area contributed by atoms with Crippen LogP contribution in [0.3, 0.4) is 0 Å². The Bertz CT molecular complexity index is 519. The monoisotopic (exact) mass is 321 g/mol. The first-order valence-corrected chi connectivity index (χ1v) is 7.93. The third kappa shape index (κ3) is 4.96. The van der Waals surface area contributed by atoms with E-state index in [-0.39, 0.29) is 11.8 Å². The highest BCUT2D eigenvalue weighted by atomic mass is 16.5. The van der Waals surface area contributed by atoms with Crippen LogP contribution < -0.4 is 21.1 Å². The molecule has 6 nitrogen and oxygen atoms in total. The second kappa shape index (κ2) is 9.15. The van der Waals surface area contributed by atoms with Crippen molar-refractivity contribution in [3.05, 3.63) is 29.8 Å². The van der Waals surface area contributed by atoms with Crippen molar-refractivity contribution in [1.82, 2.24) is 10.6 Å². The molecule has 128 valence electrons. The first-order valence-electron chi connectivity index (χ1n) is 7.93. The maximum atomic E-state index is 12.2. The Morgan fingerprint density at radius 2 is 1.83 bits per heavy atom. The van der Waals surface area contributed by atoms with E-state index in [2.05, 4.69) is 10.6 Å². The predicted octanol–water partition coefficient (Wildman–Crippen LogP) is 1.31. The summed E-state index contributed by atoms with van der Waals surface area (Å²) in [4.78, 5) is 24.3. The van der Waals surface area contributed by atoms with Crippen molar-refractivity contribution in [1.29, 1.82) is 0 Å². The number of nitrogens with two attached hydrogens (primary N) is 1. The van der Waals surface area contributed by atoms with Crippen LogP contribution in [0.2, 0.25) is 0 Å². The third-order valence-corrected chi connectivity index (χ3v) is 4.25. The highest BCUT2D eigenvalue weighted by molar-refractivity contribution is 5.94. The van der Waals surface area contributed by atoms with E-state index < -0.39 is 5.41 Å². The Morgan fingerprint density at radius 1 is 1.17 bits per heavy atom. The number of benzene rings is 1. The molecule has 0 aliphatic heterocycles. The van der Waals surface area contributed by atoms with Crippen molar-refractivity contribution in [3.63, 3.8) is 0 Å². The Morgan fingerprint density at radius 3 is 2.39 bits per heavy atom. The quantitative estimate of drug-likeness (QED) is 0.598. The van der Waals surface area contributed by atoms with Gasteiger partial charge in [-0.05, 0) is 31.0 Å². The Hall–Kier alpha value is -2.08.